The Kier molecular flexibility index (Phi) is 17.3. The molecular weight excluding hydrogens is 732 g/mol. The van der Waals surface area contributed by atoms with E-state index in [4.69, 9.17) is 18.9 Å². The van der Waals surface area contributed by atoms with E-state index in [0.717, 1.165) is 18.7 Å². The van der Waals surface area contributed by atoms with E-state index in [-0.39, 0.29) is 43.7 Å². The van der Waals surface area contributed by atoms with E-state index in [0.29, 0.717) is 38.6 Å². The smallest absolute Gasteiger partial charge is 0.410 e. The first kappa shape index (κ1) is 46.1. The predicted octanol–water partition coefficient (Wildman–Crippen LogP) is 6.11. The molecule has 3 fully saturated rings. The number of carbonyl (C=O) groups is 4. The Labute approximate surface area is 339 Å². The van der Waals surface area contributed by atoms with E-state index >= 15 is 0 Å². The summed E-state index contributed by atoms with van der Waals surface area (Å²) >= 11 is 0. The first-order valence-electron chi connectivity index (χ1n) is 21.1. The Morgan fingerprint density at radius 3 is 2.35 bits per heavy atom. The molecule has 3 aliphatic heterocycles. The van der Waals surface area contributed by atoms with Gasteiger partial charge in [-0.25, -0.2) is 14.4 Å². The number of aliphatic hydroxyl groups excluding tert-OH is 1. The lowest BCUT2D eigenvalue weighted by Crippen LogP contribution is -2.53. The molecule has 7 atom stereocenters. The third kappa shape index (κ3) is 15.2. The van der Waals surface area contributed by atoms with Crippen molar-refractivity contribution in [2.45, 2.75) is 154 Å². The third-order valence-corrected chi connectivity index (χ3v) is 11.4. The fourth-order valence-electron chi connectivity index (χ4n) is 7.89. The maximum Gasteiger partial charge on any atom is 0.410 e. The number of ether oxygens (including phenoxy) is 4. The van der Waals surface area contributed by atoms with Crippen molar-refractivity contribution >= 4 is 24.2 Å². The molecule has 1 aliphatic carbocycles. The molecule has 0 radical (unpaired) electrons. The van der Waals surface area contributed by atoms with E-state index in [2.05, 4.69) is 10.2 Å². The lowest BCUT2D eigenvalue weighted by atomic mass is 9.89. The van der Waals surface area contributed by atoms with Gasteiger partial charge in [-0.3, -0.25) is 9.69 Å². The summed E-state index contributed by atoms with van der Waals surface area (Å²) in [7, 11) is 0. The van der Waals surface area contributed by atoms with Crippen LogP contribution in [0.2, 0.25) is 0 Å². The van der Waals surface area contributed by atoms with Crippen molar-refractivity contribution in [3.05, 3.63) is 36.0 Å². The number of nitrogens with zero attached hydrogens (tertiary/aromatic N) is 3. The van der Waals surface area contributed by atoms with E-state index in [1.54, 1.807) is 43.6 Å². The number of aliphatic hydroxyl groups is 2. The van der Waals surface area contributed by atoms with Gasteiger partial charge in [-0.15, -0.1) is 0 Å². The highest BCUT2D eigenvalue weighted by Gasteiger charge is 2.37. The number of nitrogens with one attached hydrogen (secondary N) is 1. The van der Waals surface area contributed by atoms with Crippen LogP contribution in [0.15, 0.2) is 36.0 Å². The second-order valence-electron chi connectivity index (χ2n) is 17.8. The lowest BCUT2D eigenvalue weighted by molar-refractivity contribution is -0.151. The zero-order chi connectivity index (χ0) is 41.8. The molecule has 0 bridgehead atoms. The second-order valence-corrected chi connectivity index (χ2v) is 17.8. The highest BCUT2D eigenvalue weighted by Crippen LogP contribution is 2.28. The molecule has 14 nitrogen and oxygen atoms in total. The Hall–Kier alpha value is -3.62. The van der Waals surface area contributed by atoms with E-state index < -0.39 is 53.8 Å². The molecule has 0 aromatic carbocycles. The van der Waals surface area contributed by atoms with Crippen molar-refractivity contribution < 1.29 is 48.3 Å². The normalized spacial score (nSPS) is 30.4. The van der Waals surface area contributed by atoms with Crippen LogP contribution >= 0.6 is 0 Å². The number of hydrogen-bond donors (Lipinski definition) is 3. The molecule has 322 valence electrons. The fraction of sp³-hybridized carbons (Fsp3) is 0.767. The number of amides is 3. The van der Waals surface area contributed by atoms with Crippen LogP contribution < -0.4 is 5.32 Å². The minimum Gasteiger partial charge on any atom is -0.457 e. The fourth-order valence-corrected chi connectivity index (χ4v) is 7.89. The SMILES string of the molecule is C/C(=C\C=C\C(C)COC(=O)N1CC[C@H](NC(=O)OC(C)(C)C)C1)[C@H]1OC(=O)C[C@@H](O)CC[C@](C)(O)[C@@H](OC(=O)N2CCN(C3CCCCCC3)CC2)/C=C/[C@@H]1C. The topological polar surface area (TPSA) is 167 Å². The van der Waals surface area contributed by atoms with Crippen molar-refractivity contribution in [1.29, 1.82) is 0 Å². The second kappa shape index (κ2) is 21.4. The number of cyclic esters (lactones) is 1. The Balaban J connectivity index is 1.33. The zero-order valence-electron chi connectivity index (χ0n) is 35.5. The summed E-state index contributed by atoms with van der Waals surface area (Å²) < 4.78 is 22.8. The summed E-state index contributed by atoms with van der Waals surface area (Å²) in [5.41, 5.74) is -1.36. The van der Waals surface area contributed by atoms with Crippen LogP contribution in [0.25, 0.3) is 0 Å². The van der Waals surface area contributed by atoms with Gasteiger partial charge in [0.15, 0.2) is 6.10 Å². The number of esters is 1. The number of alkyl carbamates (subject to hydrolysis) is 1. The Bertz CT molecular complexity index is 1420. The molecule has 3 N–H and O–H groups in total. The summed E-state index contributed by atoms with van der Waals surface area (Å²) in [6.45, 7) is 16.3. The van der Waals surface area contributed by atoms with Crippen LogP contribution in [0.1, 0.15) is 113 Å². The molecule has 57 heavy (non-hydrogen) atoms. The third-order valence-electron chi connectivity index (χ3n) is 11.4. The molecular formula is C43H70N4O10. The average Bonchev–Trinajstić information content (AvgIpc) is 3.43. The maximum absolute atomic E-state index is 13.5. The largest absolute Gasteiger partial charge is 0.457 e. The van der Waals surface area contributed by atoms with Gasteiger partial charge in [0.25, 0.3) is 0 Å². The summed E-state index contributed by atoms with van der Waals surface area (Å²) in [6.07, 6.45) is 13.0. The summed E-state index contributed by atoms with van der Waals surface area (Å²) in [6, 6.07) is 0.364. The molecule has 1 unspecified atom stereocenters. The van der Waals surface area contributed by atoms with Gasteiger partial charge in [-0.05, 0) is 78.4 Å². The van der Waals surface area contributed by atoms with Crippen LogP contribution in [-0.4, -0.2) is 137 Å². The van der Waals surface area contributed by atoms with Crippen molar-refractivity contribution in [2.75, 3.05) is 45.9 Å². The highest BCUT2D eigenvalue weighted by atomic mass is 16.6. The average molecular weight is 803 g/mol. The summed E-state index contributed by atoms with van der Waals surface area (Å²) in [4.78, 5) is 57.1. The first-order chi connectivity index (χ1) is 26.9. The number of carbonyl (C=O) groups excluding carboxylic acids is 4. The minimum absolute atomic E-state index is 0.109. The molecule has 14 heteroatoms. The van der Waals surface area contributed by atoms with Gasteiger partial charge in [0.2, 0.25) is 0 Å². The maximum atomic E-state index is 13.5. The zero-order valence-corrected chi connectivity index (χ0v) is 35.5. The number of hydrogen-bond acceptors (Lipinski definition) is 11. The van der Waals surface area contributed by atoms with Crippen LogP contribution in [0.4, 0.5) is 14.4 Å². The Morgan fingerprint density at radius 1 is 1.00 bits per heavy atom. The van der Waals surface area contributed by atoms with Crippen LogP contribution in [0.5, 0.6) is 0 Å². The molecule has 0 spiro atoms. The van der Waals surface area contributed by atoms with Gasteiger partial charge < -0.3 is 44.3 Å². The van der Waals surface area contributed by atoms with Crippen molar-refractivity contribution in [3.63, 3.8) is 0 Å². The van der Waals surface area contributed by atoms with Gasteiger partial charge in [0.05, 0.1) is 25.2 Å². The van der Waals surface area contributed by atoms with Gasteiger partial charge in [-0.2, -0.15) is 0 Å². The molecule has 4 rings (SSSR count). The van der Waals surface area contributed by atoms with E-state index in [1.807, 2.05) is 45.1 Å². The number of likely N-dealkylation sites (tertiary alicyclic amines) is 1. The molecule has 0 aromatic heterocycles. The van der Waals surface area contributed by atoms with Crippen molar-refractivity contribution in [3.8, 4) is 0 Å². The van der Waals surface area contributed by atoms with Crippen molar-refractivity contribution in [2.24, 2.45) is 11.8 Å². The molecule has 1 saturated carbocycles. The predicted molar refractivity (Wildman–Crippen MR) is 216 cm³/mol. The quantitative estimate of drug-likeness (QED) is 0.0853. The number of allylic oxidation sites excluding steroid dienone is 2. The lowest BCUT2D eigenvalue weighted by Gasteiger charge is -2.40. The molecule has 3 amide bonds. The monoisotopic (exact) mass is 803 g/mol. The molecule has 4 aliphatic rings. The minimum atomic E-state index is -1.49. The summed E-state index contributed by atoms with van der Waals surface area (Å²) in [5.74, 6) is -1.05. The van der Waals surface area contributed by atoms with E-state index in [1.165, 1.54) is 38.5 Å². The van der Waals surface area contributed by atoms with E-state index in [9.17, 15) is 29.4 Å². The van der Waals surface area contributed by atoms with Gasteiger partial charge in [0, 0.05) is 57.1 Å². The Morgan fingerprint density at radius 2 is 1.68 bits per heavy atom. The molecule has 3 heterocycles. The highest BCUT2D eigenvalue weighted by molar-refractivity contribution is 5.71. The van der Waals surface area contributed by atoms with Gasteiger partial charge in [-0.1, -0.05) is 63.8 Å². The molecule has 0 aromatic rings. The number of piperazine rings is 1. The van der Waals surface area contributed by atoms with Crippen molar-refractivity contribution in [1.82, 2.24) is 20.0 Å². The van der Waals surface area contributed by atoms with Crippen LogP contribution in [0, 0.1) is 11.8 Å². The summed E-state index contributed by atoms with van der Waals surface area (Å²) in [5, 5.41) is 25.1. The molecule has 2 saturated heterocycles. The standard InChI is InChI=1S/C43H70N4O10/c1-30(29-54-40(51)47-22-20-33(28-47)44-39(50)57-42(4,5)6)13-12-14-31(2)38-32(3)17-18-36(43(7,53)21-19-35(48)27-37(49)56-38)55-41(52)46-25-23-45(24-26-46)34-15-10-8-9-11-16-34/h12-14,17-18,30,32-36,38,48,53H,8-11,15-16,19-29H2,1-7H3,(H,44,50)/b13-12+,18-17+,31-14+/t30?,32-,33-,35-,36-,38+,43-/m0/s1. The van der Waals surface area contributed by atoms with Gasteiger partial charge >= 0.3 is 24.2 Å². The van der Waals surface area contributed by atoms with Gasteiger partial charge in [0.1, 0.15) is 17.3 Å². The van der Waals surface area contributed by atoms with Crippen LogP contribution in [-0.2, 0) is 23.7 Å². The first-order valence-corrected chi connectivity index (χ1v) is 21.1. The number of rotatable bonds is 8. The van der Waals surface area contributed by atoms with Crippen LogP contribution in [0.3, 0.4) is 0 Å².